The zero-order chi connectivity index (χ0) is 17.5. The maximum atomic E-state index is 12.7. The third-order valence-electron chi connectivity index (χ3n) is 2.29. The van der Waals surface area contributed by atoms with Gasteiger partial charge in [0.25, 0.3) is 0 Å². The summed E-state index contributed by atoms with van der Waals surface area (Å²) in [4.78, 5) is 27.4. The Morgan fingerprint density at radius 1 is 1.38 bits per heavy atom. The smallest absolute Gasteiger partial charge is 0.451 e. The van der Waals surface area contributed by atoms with Gasteiger partial charge < -0.3 is 25.8 Å². The first-order valence-corrected chi connectivity index (χ1v) is 5.96. The average Bonchev–Trinajstić information content (AvgIpc) is 2.51. The quantitative estimate of drug-likeness (QED) is 0.298. The summed E-state index contributed by atoms with van der Waals surface area (Å²) in [5.74, 6) is -2.34. The summed E-state index contributed by atoms with van der Waals surface area (Å²) < 4.78 is 42.6. The second kappa shape index (κ2) is 10.3. The van der Waals surface area contributed by atoms with Crippen LogP contribution in [0.15, 0.2) is 16.5 Å². The topological polar surface area (TPSA) is 95.3 Å². The van der Waals surface area contributed by atoms with Crippen LogP contribution in [0.25, 0.3) is 0 Å². The van der Waals surface area contributed by atoms with Crippen LogP contribution in [0.3, 0.4) is 0 Å². The number of hydrogen-bond acceptors (Lipinski definition) is 8. The van der Waals surface area contributed by atoms with Gasteiger partial charge in [-0.1, -0.05) is 5.16 Å². The van der Waals surface area contributed by atoms with E-state index in [1.807, 2.05) is 0 Å². The molecule has 0 aliphatic carbocycles. The van der Waals surface area contributed by atoms with Crippen molar-refractivity contribution in [3.05, 3.63) is 23.3 Å². The molecule has 1 heterocycles. The molecule has 24 heavy (non-hydrogen) atoms. The summed E-state index contributed by atoms with van der Waals surface area (Å²) in [6.45, 7) is 0.954. The van der Waals surface area contributed by atoms with Crippen molar-refractivity contribution in [3.63, 3.8) is 0 Å². The van der Waals surface area contributed by atoms with Crippen LogP contribution in [-0.2, 0) is 64.7 Å². The van der Waals surface area contributed by atoms with Crippen LogP contribution in [-0.4, -0.2) is 42.1 Å². The maximum absolute atomic E-state index is 12.7. The summed E-state index contributed by atoms with van der Waals surface area (Å²) in [5, 5.41) is 6.72. The van der Waals surface area contributed by atoms with Crippen molar-refractivity contribution < 1.29 is 65.1 Å². The number of halogens is 3. The van der Waals surface area contributed by atoms with E-state index in [9.17, 15) is 18.0 Å². The molecule has 0 bridgehead atoms. The van der Waals surface area contributed by atoms with E-state index in [-0.39, 0.29) is 44.0 Å². The molecule has 0 aliphatic rings. The first kappa shape index (κ1) is 22.4. The van der Waals surface area contributed by atoms with Gasteiger partial charge in [0.05, 0.1) is 18.4 Å². The van der Waals surface area contributed by atoms with E-state index < -0.39 is 30.3 Å². The van der Waals surface area contributed by atoms with Gasteiger partial charge in [0.2, 0.25) is 5.82 Å². The number of oxime groups is 1. The Hall–Kier alpha value is -1.62. The van der Waals surface area contributed by atoms with Crippen LogP contribution >= 0.6 is 0 Å². The first-order valence-electron chi connectivity index (χ1n) is 5.96. The van der Waals surface area contributed by atoms with Gasteiger partial charge in [0.15, 0.2) is 12.3 Å². The molecule has 0 spiro atoms. The van der Waals surface area contributed by atoms with E-state index in [4.69, 9.17) is 4.84 Å². The van der Waals surface area contributed by atoms with Crippen molar-refractivity contribution in [2.45, 2.75) is 19.7 Å². The number of alkyl halides is 3. The Kier molecular flexibility index (Phi) is 9.60. The molecule has 0 aromatic carbocycles. The minimum absolute atomic E-state index is 0. The number of methoxy groups -OCH3 is 1. The first-order chi connectivity index (χ1) is 10.8. The Labute approximate surface area is 160 Å². The molecule has 12 heteroatoms. The van der Waals surface area contributed by atoms with Crippen LogP contribution in [0, 0.1) is 0 Å². The minimum atomic E-state index is -4.77. The second-order valence-corrected chi connectivity index (χ2v) is 3.75. The van der Waals surface area contributed by atoms with Crippen molar-refractivity contribution in [2.75, 3.05) is 14.2 Å². The summed E-state index contributed by atoms with van der Waals surface area (Å²) in [7, 11) is 2.23. The number of aromatic nitrogens is 2. The van der Waals surface area contributed by atoms with E-state index in [1.165, 1.54) is 6.92 Å². The summed E-state index contributed by atoms with van der Waals surface area (Å²) in [6.07, 6.45) is -1.71. The fourth-order valence-corrected chi connectivity index (χ4v) is 1.40. The summed E-state index contributed by atoms with van der Waals surface area (Å²) >= 11 is 0. The number of ether oxygens (including phenoxy) is 1. The SMILES string of the molecule is C[C-]=NOCc1nc(C(F)(F)F)ncc1/C(=N\OC)C(=O)OC.[Y]. The van der Waals surface area contributed by atoms with Gasteiger partial charge in [-0.3, -0.25) is 0 Å². The van der Waals surface area contributed by atoms with Gasteiger partial charge in [-0.25, -0.2) is 14.8 Å². The molecule has 1 radical (unpaired) electrons. The minimum Gasteiger partial charge on any atom is -0.464 e. The number of esters is 1. The predicted octanol–water partition coefficient (Wildman–Crippen LogP) is 1.42. The number of rotatable bonds is 6. The van der Waals surface area contributed by atoms with E-state index in [2.05, 4.69) is 36.1 Å². The van der Waals surface area contributed by atoms with Crippen molar-refractivity contribution in [1.29, 1.82) is 0 Å². The zero-order valence-electron chi connectivity index (χ0n) is 12.9. The standard InChI is InChI=1S/C12H12F3N4O4.Y/c1-4-17-23-6-8-7(9(19-22-3)10(20)21-2)5-16-11(18-8)12(13,14)15;/h5H,6H2,1-3H3;/q-1;/b19-9+;. The molecule has 129 valence electrons. The number of hydrogen-bond donors (Lipinski definition) is 0. The Morgan fingerprint density at radius 3 is 2.54 bits per heavy atom. The van der Waals surface area contributed by atoms with E-state index in [0.717, 1.165) is 20.4 Å². The van der Waals surface area contributed by atoms with Gasteiger partial charge in [0, 0.05) is 38.9 Å². The van der Waals surface area contributed by atoms with Gasteiger partial charge in [-0.05, 0) is 0 Å². The van der Waals surface area contributed by atoms with Crippen LogP contribution in [0.2, 0.25) is 0 Å². The maximum Gasteiger partial charge on any atom is 0.451 e. The van der Waals surface area contributed by atoms with Gasteiger partial charge in [-0.15, -0.1) is 0 Å². The van der Waals surface area contributed by atoms with Crippen molar-refractivity contribution in [1.82, 2.24) is 9.97 Å². The fraction of sp³-hybridized carbons (Fsp3) is 0.417. The molecule has 8 nitrogen and oxygen atoms in total. The molecule has 0 unspecified atom stereocenters. The monoisotopic (exact) mass is 422 g/mol. The molecular weight excluding hydrogens is 410 g/mol. The number of nitrogens with zero attached hydrogens (tertiary/aromatic N) is 4. The third kappa shape index (κ3) is 6.12. The van der Waals surface area contributed by atoms with Crippen LogP contribution in [0.1, 0.15) is 24.0 Å². The van der Waals surface area contributed by atoms with Crippen molar-refractivity contribution in [3.8, 4) is 0 Å². The largest absolute Gasteiger partial charge is 0.464 e. The van der Waals surface area contributed by atoms with Crippen molar-refractivity contribution in [2.24, 2.45) is 10.3 Å². The molecule has 0 fully saturated rings. The van der Waals surface area contributed by atoms with Crippen molar-refractivity contribution >= 4 is 17.9 Å². The molecule has 0 saturated carbocycles. The second-order valence-electron chi connectivity index (χ2n) is 3.75. The molecule has 0 N–H and O–H groups in total. The fourth-order valence-electron chi connectivity index (χ4n) is 1.40. The molecule has 0 aliphatic heterocycles. The normalized spacial score (nSPS) is 11.8. The van der Waals surface area contributed by atoms with Gasteiger partial charge in [0.1, 0.15) is 7.11 Å². The Morgan fingerprint density at radius 2 is 2.04 bits per heavy atom. The van der Waals surface area contributed by atoms with Crippen LogP contribution < -0.4 is 0 Å². The van der Waals surface area contributed by atoms with Crippen LogP contribution in [0.5, 0.6) is 0 Å². The average molecular weight is 422 g/mol. The van der Waals surface area contributed by atoms with E-state index in [0.29, 0.717) is 0 Å². The van der Waals surface area contributed by atoms with Gasteiger partial charge >= 0.3 is 12.1 Å². The number of carbonyl (C=O) groups excluding carboxylic acids is 1. The Balaban J connectivity index is 0.00000529. The van der Waals surface area contributed by atoms with Gasteiger partial charge in [-0.2, -0.15) is 20.1 Å². The molecule has 1 aromatic rings. The van der Waals surface area contributed by atoms with E-state index >= 15 is 0 Å². The third-order valence-corrected chi connectivity index (χ3v) is 2.29. The number of carbonyl (C=O) groups is 1. The molecule has 1 aromatic heterocycles. The molecule has 0 amide bonds. The van der Waals surface area contributed by atoms with E-state index in [1.54, 1.807) is 0 Å². The zero-order valence-corrected chi connectivity index (χ0v) is 15.8. The molecular formula is C12H12F3N4O4Y-. The summed E-state index contributed by atoms with van der Waals surface area (Å²) in [6, 6.07) is 0. The molecule has 0 atom stereocenters. The predicted molar refractivity (Wildman–Crippen MR) is 70.5 cm³/mol. The van der Waals surface area contributed by atoms with Crippen LogP contribution in [0.4, 0.5) is 13.2 Å². The molecule has 1 rings (SSSR count). The summed E-state index contributed by atoms with van der Waals surface area (Å²) in [5.41, 5.74) is -0.822. The Bertz CT molecular complexity index is 623. The molecule has 0 saturated heterocycles.